The number of fused-ring (bicyclic) bond motifs is 2. The second kappa shape index (κ2) is 10.1. The monoisotopic (exact) mass is 594 g/mol. The van der Waals surface area contributed by atoms with E-state index in [9.17, 15) is 27.4 Å². The van der Waals surface area contributed by atoms with Gasteiger partial charge < -0.3 is 4.74 Å². The van der Waals surface area contributed by atoms with Gasteiger partial charge in [0.15, 0.2) is 0 Å². The number of Topliss-reactive ketones (excluding diaryl/α,β-unsaturated/α-hetero) is 2. The van der Waals surface area contributed by atoms with Gasteiger partial charge in [0.05, 0.1) is 12.0 Å². The predicted octanol–water partition coefficient (Wildman–Crippen LogP) is 5.98. The average Bonchev–Trinajstić information content (AvgIpc) is 3.44. The van der Waals surface area contributed by atoms with Gasteiger partial charge >= 0.3 is 16.4 Å². The second-order valence-electron chi connectivity index (χ2n) is 15.5. The van der Waals surface area contributed by atoms with Crippen LogP contribution in [0, 0.1) is 56.7 Å². The minimum absolute atomic E-state index is 0.0794. The Morgan fingerprint density at radius 3 is 2.22 bits per heavy atom. The molecule has 5 aliphatic rings. The van der Waals surface area contributed by atoms with Crippen LogP contribution in [0.15, 0.2) is 0 Å². The molecule has 5 rings (SSSR count). The summed E-state index contributed by atoms with van der Waals surface area (Å²) in [6.45, 7) is 12.0. The van der Waals surface area contributed by atoms with Crippen LogP contribution in [0.2, 0.25) is 0 Å². The lowest BCUT2D eigenvalue weighted by atomic mass is 9.41. The Bertz CT molecular complexity index is 1210. The Morgan fingerprint density at radius 1 is 0.927 bits per heavy atom. The molecule has 0 amide bonds. The minimum atomic E-state index is -4.77. The Hall–Kier alpha value is -1.32. The summed E-state index contributed by atoms with van der Waals surface area (Å²) in [6, 6.07) is 0. The molecule has 9 atom stereocenters. The van der Waals surface area contributed by atoms with E-state index in [2.05, 4.69) is 34.6 Å². The molecular formula is C32H50O8S. The summed E-state index contributed by atoms with van der Waals surface area (Å²) in [5.41, 5.74) is -1.04. The fourth-order valence-corrected chi connectivity index (χ4v) is 12.0. The molecule has 41 heavy (non-hydrogen) atoms. The van der Waals surface area contributed by atoms with E-state index in [4.69, 9.17) is 8.92 Å². The fraction of sp³-hybridized carbons (Fsp3) is 0.906. The maximum absolute atomic E-state index is 13.6. The molecule has 0 heterocycles. The van der Waals surface area contributed by atoms with Gasteiger partial charge in [-0.25, -0.2) is 4.18 Å². The second-order valence-corrected chi connectivity index (χ2v) is 16.6. The van der Waals surface area contributed by atoms with Crippen LogP contribution in [0.3, 0.4) is 0 Å². The van der Waals surface area contributed by atoms with Crippen molar-refractivity contribution in [2.75, 3.05) is 13.2 Å². The molecule has 5 fully saturated rings. The highest BCUT2D eigenvalue weighted by Gasteiger charge is 2.83. The summed E-state index contributed by atoms with van der Waals surface area (Å²) in [5.74, 6) is 1.30. The number of esters is 1. The van der Waals surface area contributed by atoms with Crippen LogP contribution in [0.5, 0.6) is 0 Å². The van der Waals surface area contributed by atoms with Crippen molar-refractivity contribution in [3.8, 4) is 0 Å². The number of ether oxygens (including phenoxy) is 1. The van der Waals surface area contributed by atoms with Gasteiger partial charge in [0.25, 0.3) is 0 Å². The molecule has 9 heteroatoms. The summed E-state index contributed by atoms with van der Waals surface area (Å²) in [6.07, 6.45) is 9.52. The summed E-state index contributed by atoms with van der Waals surface area (Å²) < 4.78 is 43.0. The molecule has 5 saturated carbocycles. The summed E-state index contributed by atoms with van der Waals surface area (Å²) in [7, 11) is -4.77. The lowest BCUT2D eigenvalue weighted by Gasteiger charge is -2.63. The Morgan fingerprint density at radius 2 is 1.59 bits per heavy atom. The molecular weight excluding hydrogens is 544 g/mol. The van der Waals surface area contributed by atoms with Gasteiger partial charge in [-0.3, -0.25) is 18.9 Å². The Balaban J connectivity index is 1.44. The molecule has 0 radical (unpaired) electrons. The summed E-state index contributed by atoms with van der Waals surface area (Å²) in [5, 5.41) is 0. The molecule has 0 aromatic rings. The highest BCUT2D eigenvalue weighted by atomic mass is 32.3. The zero-order chi connectivity index (χ0) is 30.2. The SMILES string of the molecule is CC(=O)OCC1(COS(=O)(=O)O)C(=O)CCC23CC24CCC2(C)C(C(C)CC(=O)CC(C)C)CCC2(C)C4CCC13. The van der Waals surface area contributed by atoms with Gasteiger partial charge in [-0.15, -0.1) is 0 Å². The molecule has 0 aliphatic heterocycles. The van der Waals surface area contributed by atoms with Crippen LogP contribution in [-0.2, 0) is 33.7 Å². The first-order valence-electron chi connectivity index (χ1n) is 15.8. The van der Waals surface area contributed by atoms with E-state index in [0.29, 0.717) is 48.7 Å². The minimum Gasteiger partial charge on any atom is -0.465 e. The van der Waals surface area contributed by atoms with Crippen molar-refractivity contribution >= 4 is 27.9 Å². The third-order valence-corrected chi connectivity index (χ3v) is 13.8. The quantitative estimate of drug-likeness (QED) is 0.242. The van der Waals surface area contributed by atoms with Gasteiger partial charge in [0.1, 0.15) is 18.2 Å². The fourth-order valence-electron chi connectivity index (χ4n) is 11.7. The Kier molecular flexibility index (Phi) is 7.68. The van der Waals surface area contributed by atoms with E-state index >= 15 is 0 Å². The molecule has 5 aliphatic carbocycles. The van der Waals surface area contributed by atoms with Crippen LogP contribution >= 0.6 is 0 Å². The largest absolute Gasteiger partial charge is 0.465 e. The molecule has 0 saturated heterocycles. The number of hydrogen-bond acceptors (Lipinski definition) is 7. The van der Waals surface area contributed by atoms with Crippen molar-refractivity contribution in [3.05, 3.63) is 0 Å². The third-order valence-electron chi connectivity index (χ3n) is 13.4. The molecule has 0 aromatic heterocycles. The van der Waals surface area contributed by atoms with E-state index in [1.165, 1.54) is 6.92 Å². The predicted molar refractivity (Wildman–Crippen MR) is 153 cm³/mol. The highest BCUT2D eigenvalue weighted by molar-refractivity contribution is 7.80. The lowest BCUT2D eigenvalue weighted by Crippen LogP contribution is -2.60. The van der Waals surface area contributed by atoms with Gasteiger partial charge in [0, 0.05) is 26.2 Å². The average molecular weight is 595 g/mol. The van der Waals surface area contributed by atoms with Crippen molar-refractivity contribution in [3.63, 3.8) is 0 Å². The molecule has 0 bridgehead atoms. The number of carbonyl (C=O) groups excluding carboxylic acids is 3. The van der Waals surface area contributed by atoms with Crippen molar-refractivity contribution in [2.45, 2.75) is 112 Å². The molecule has 0 aromatic carbocycles. The van der Waals surface area contributed by atoms with Crippen molar-refractivity contribution in [2.24, 2.45) is 56.7 Å². The number of hydrogen-bond donors (Lipinski definition) is 1. The zero-order valence-electron chi connectivity index (χ0n) is 25.8. The maximum atomic E-state index is 13.6. The first-order valence-corrected chi connectivity index (χ1v) is 17.1. The van der Waals surface area contributed by atoms with Gasteiger partial charge in [-0.05, 0) is 103 Å². The van der Waals surface area contributed by atoms with Gasteiger partial charge in [-0.1, -0.05) is 34.6 Å². The molecule has 2 spiro atoms. The van der Waals surface area contributed by atoms with Crippen molar-refractivity contribution in [1.29, 1.82) is 0 Å². The topological polar surface area (TPSA) is 124 Å². The van der Waals surface area contributed by atoms with Crippen LogP contribution in [-0.4, -0.2) is 43.7 Å². The van der Waals surface area contributed by atoms with E-state index in [0.717, 1.165) is 51.4 Å². The van der Waals surface area contributed by atoms with E-state index in [1.807, 2.05) is 0 Å². The lowest BCUT2D eigenvalue weighted by molar-refractivity contribution is -0.176. The van der Waals surface area contributed by atoms with Crippen LogP contribution < -0.4 is 0 Å². The number of rotatable bonds is 10. The van der Waals surface area contributed by atoms with Gasteiger partial charge in [0.2, 0.25) is 0 Å². The summed E-state index contributed by atoms with van der Waals surface area (Å²) in [4.78, 5) is 38.3. The third kappa shape index (κ3) is 4.66. The highest BCUT2D eigenvalue weighted by Crippen LogP contribution is 2.88. The molecule has 232 valence electrons. The van der Waals surface area contributed by atoms with Crippen molar-refractivity contribution < 1.29 is 36.3 Å². The van der Waals surface area contributed by atoms with E-state index in [-0.39, 0.29) is 40.0 Å². The zero-order valence-corrected chi connectivity index (χ0v) is 26.6. The van der Waals surface area contributed by atoms with E-state index < -0.39 is 28.4 Å². The molecule has 9 unspecified atom stereocenters. The molecule has 8 nitrogen and oxygen atoms in total. The van der Waals surface area contributed by atoms with Crippen LogP contribution in [0.25, 0.3) is 0 Å². The summed E-state index contributed by atoms with van der Waals surface area (Å²) >= 11 is 0. The van der Waals surface area contributed by atoms with Gasteiger partial charge in [-0.2, -0.15) is 8.42 Å². The maximum Gasteiger partial charge on any atom is 0.397 e. The standard InChI is InChI=1S/C32H50O8S/c1-20(2)15-23(34)16-21(3)24-9-11-29(6)25-7-8-26-30(18-39-22(4)33,19-40-41(36,37)38)27(35)10-12-31(26)17-32(25,31)14-13-28(24,29)5/h20-21,24-26H,7-19H2,1-6H3,(H,36,37,38). The Labute approximate surface area is 246 Å². The van der Waals surface area contributed by atoms with Crippen LogP contribution in [0.1, 0.15) is 112 Å². The first-order chi connectivity index (χ1) is 19.0. The number of carbonyl (C=O) groups is 3. The smallest absolute Gasteiger partial charge is 0.397 e. The number of ketones is 2. The van der Waals surface area contributed by atoms with Crippen molar-refractivity contribution in [1.82, 2.24) is 0 Å². The first kappa shape index (κ1) is 31.1. The van der Waals surface area contributed by atoms with Crippen LogP contribution in [0.4, 0.5) is 0 Å². The normalized spacial score (nSPS) is 43.9. The molecule has 1 N–H and O–H groups in total. The van der Waals surface area contributed by atoms with E-state index in [1.54, 1.807) is 0 Å².